The zero-order valence-corrected chi connectivity index (χ0v) is 14.0. The summed E-state index contributed by atoms with van der Waals surface area (Å²) in [5.41, 5.74) is 1.35. The third kappa shape index (κ3) is 4.55. The molecule has 0 unspecified atom stereocenters. The van der Waals surface area contributed by atoms with Crippen LogP contribution in [0.5, 0.6) is 0 Å². The molecule has 2 aliphatic rings. The lowest BCUT2D eigenvalue weighted by Gasteiger charge is -2.24. The van der Waals surface area contributed by atoms with E-state index in [9.17, 15) is 4.79 Å². The first kappa shape index (κ1) is 16.5. The average molecular weight is 316 g/mol. The van der Waals surface area contributed by atoms with Gasteiger partial charge in [0.25, 0.3) is 0 Å². The van der Waals surface area contributed by atoms with Crippen molar-refractivity contribution < 1.29 is 9.53 Å². The molecule has 0 saturated carbocycles. The number of amides is 1. The molecule has 2 aliphatic heterocycles. The molecular formula is C19H28N2O2. The van der Waals surface area contributed by atoms with Crippen LogP contribution in [0.4, 0.5) is 0 Å². The van der Waals surface area contributed by atoms with Gasteiger partial charge in [0.1, 0.15) is 0 Å². The normalized spacial score (nSPS) is 26.3. The van der Waals surface area contributed by atoms with Crippen molar-refractivity contribution in [3.63, 3.8) is 0 Å². The van der Waals surface area contributed by atoms with E-state index in [0.29, 0.717) is 18.6 Å². The molecule has 3 rings (SSSR count). The molecular weight excluding hydrogens is 288 g/mol. The van der Waals surface area contributed by atoms with E-state index in [-0.39, 0.29) is 11.9 Å². The van der Waals surface area contributed by atoms with Crippen molar-refractivity contribution in [1.82, 2.24) is 10.2 Å². The third-order valence-corrected chi connectivity index (χ3v) is 5.13. The zero-order valence-electron chi connectivity index (χ0n) is 14.0. The predicted molar refractivity (Wildman–Crippen MR) is 91.2 cm³/mol. The molecule has 0 aromatic heterocycles. The van der Waals surface area contributed by atoms with Crippen molar-refractivity contribution in [2.45, 2.75) is 57.2 Å². The molecule has 0 radical (unpaired) electrons. The third-order valence-electron chi connectivity index (χ3n) is 5.13. The monoisotopic (exact) mass is 316 g/mol. The number of carbonyl (C=O) groups is 1. The second-order valence-electron chi connectivity index (χ2n) is 6.81. The number of nitrogens with one attached hydrogen (secondary N) is 1. The lowest BCUT2D eigenvalue weighted by Crippen LogP contribution is -2.37. The Morgan fingerprint density at radius 3 is 2.91 bits per heavy atom. The second-order valence-corrected chi connectivity index (χ2v) is 6.81. The number of ether oxygens (including phenoxy) is 1. The fourth-order valence-electron chi connectivity index (χ4n) is 3.66. The van der Waals surface area contributed by atoms with Gasteiger partial charge in [-0.15, -0.1) is 0 Å². The topological polar surface area (TPSA) is 41.6 Å². The van der Waals surface area contributed by atoms with Crippen molar-refractivity contribution >= 4 is 5.91 Å². The first-order valence-electron chi connectivity index (χ1n) is 8.92. The summed E-state index contributed by atoms with van der Waals surface area (Å²) < 4.78 is 5.58. The van der Waals surface area contributed by atoms with Crippen LogP contribution in [0, 0.1) is 0 Å². The van der Waals surface area contributed by atoms with Crippen molar-refractivity contribution in [2.24, 2.45) is 0 Å². The van der Waals surface area contributed by atoms with Crippen molar-refractivity contribution in [3.8, 4) is 0 Å². The van der Waals surface area contributed by atoms with Crippen molar-refractivity contribution in [1.29, 1.82) is 0 Å². The minimum atomic E-state index is 0.180. The van der Waals surface area contributed by atoms with Crippen LogP contribution in [0.15, 0.2) is 30.3 Å². The van der Waals surface area contributed by atoms with E-state index in [1.54, 1.807) is 0 Å². The number of benzene rings is 1. The molecule has 126 valence electrons. The molecule has 1 aromatic carbocycles. The van der Waals surface area contributed by atoms with Crippen LogP contribution in [0.1, 0.15) is 50.6 Å². The Hall–Kier alpha value is -1.39. The molecule has 1 N–H and O–H groups in total. The van der Waals surface area contributed by atoms with E-state index >= 15 is 0 Å². The molecule has 0 bridgehead atoms. The van der Waals surface area contributed by atoms with Gasteiger partial charge in [-0.25, -0.2) is 0 Å². The lowest BCUT2D eigenvalue weighted by atomic mass is 10.1. The largest absolute Gasteiger partial charge is 0.378 e. The number of hydrogen-bond donors (Lipinski definition) is 1. The molecule has 2 saturated heterocycles. The lowest BCUT2D eigenvalue weighted by molar-refractivity contribution is -0.122. The fraction of sp³-hybridized carbons (Fsp3) is 0.632. The SMILES string of the molecule is C[C@H](c1ccccc1)N1CC[C@@H](NC(=O)CC[C@@H]2CCCO2)C1. The highest BCUT2D eigenvalue weighted by Gasteiger charge is 2.28. The summed E-state index contributed by atoms with van der Waals surface area (Å²) in [6, 6.07) is 11.3. The van der Waals surface area contributed by atoms with Crippen LogP contribution in [0.2, 0.25) is 0 Å². The fourth-order valence-corrected chi connectivity index (χ4v) is 3.66. The summed E-state index contributed by atoms with van der Waals surface area (Å²) in [6.07, 6.45) is 5.06. The van der Waals surface area contributed by atoms with Crippen molar-refractivity contribution in [3.05, 3.63) is 35.9 Å². The Kier molecular flexibility index (Phi) is 5.68. The van der Waals surface area contributed by atoms with Gasteiger partial charge in [0.15, 0.2) is 0 Å². The van der Waals surface area contributed by atoms with Gasteiger partial charge in [-0.3, -0.25) is 9.69 Å². The summed E-state index contributed by atoms with van der Waals surface area (Å²) in [5.74, 6) is 0.180. The maximum absolute atomic E-state index is 12.1. The minimum Gasteiger partial charge on any atom is -0.378 e. The van der Waals surface area contributed by atoms with Gasteiger partial charge in [0, 0.05) is 38.2 Å². The van der Waals surface area contributed by atoms with E-state index in [1.165, 1.54) is 5.56 Å². The van der Waals surface area contributed by atoms with Gasteiger partial charge in [-0.1, -0.05) is 30.3 Å². The summed E-state index contributed by atoms with van der Waals surface area (Å²) in [4.78, 5) is 14.6. The maximum atomic E-state index is 12.1. The summed E-state index contributed by atoms with van der Waals surface area (Å²) in [5, 5.41) is 3.20. The summed E-state index contributed by atoms with van der Waals surface area (Å²) in [6.45, 7) is 5.10. The molecule has 1 amide bonds. The van der Waals surface area contributed by atoms with Gasteiger partial charge < -0.3 is 10.1 Å². The maximum Gasteiger partial charge on any atom is 0.220 e. The van der Waals surface area contributed by atoms with Gasteiger partial charge in [0.05, 0.1) is 6.10 Å². The highest BCUT2D eigenvalue weighted by Crippen LogP contribution is 2.24. The quantitative estimate of drug-likeness (QED) is 0.877. The van der Waals surface area contributed by atoms with Crippen LogP contribution in [0.25, 0.3) is 0 Å². The number of nitrogens with zero attached hydrogens (tertiary/aromatic N) is 1. The molecule has 4 heteroatoms. The Balaban J connectivity index is 1.41. The summed E-state index contributed by atoms with van der Waals surface area (Å²) in [7, 11) is 0. The summed E-state index contributed by atoms with van der Waals surface area (Å²) >= 11 is 0. The van der Waals surface area contributed by atoms with Gasteiger partial charge in [-0.2, -0.15) is 0 Å². The number of likely N-dealkylation sites (tertiary alicyclic amines) is 1. The van der Waals surface area contributed by atoms with Crippen LogP contribution in [0.3, 0.4) is 0 Å². The molecule has 1 aromatic rings. The molecule has 4 nitrogen and oxygen atoms in total. The first-order valence-corrected chi connectivity index (χ1v) is 8.92. The van der Waals surface area contributed by atoms with E-state index < -0.39 is 0 Å². The van der Waals surface area contributed by atoms with E-state index in [4.69, 9.17) is 4.74 Å². The zero-order chi connectivity index (χ0) is 16.1. The Morgan fingerprint density at radius 1 is 1.35 bits per heavy atom. The number of hydrogen-bond acceptors (Lipinski definition) is 3. The molecule has 23 heavy (non-hydrogen) atoms. The Labute approximate surface area is 139 Å². The van der Waals surface area contributed by atoms with E-state index in [0.717, 1.165) is 45.4 Å². The molecule has 2 fully saturated rings. The Bertz CT molecular complexity index is 499. The van der Waals surface area contributed by atoms with Crippen LogP contribution < -0.4 is 5.32 Å². The molecule has 0 spiro atoms. The van der Waals surface area contributed by atoms with Gasteiger partial charge >= 0.3 is 0 Å². The van der Waals surface area contributed by atoms with Crippen LogP contribution in [-0.2, 0) is 9.53 Å². The predicted octanol–water partition coefficient (Wildman–Crippen LogP) is 2.90. The van der Waals surface area contributed by atoms with E-state index in [1.807, 2.05) is 0 Å². The van der Waals surface area contributed by atoms with Crippen molar-refractivity contribution in [2.75, 3.05) is 19.7 Å². The van der Waals surface area contributed by atoms with Crippen LogP contribution in [-0.4, -0.2) is 42.6 Å². The number of rotatable bonds is 6. The highest BCUT2D eigenvalue weighted by molar-refractivity contribution is 5.76. The highest BCUT2D eigenvalue weighted by atomic mass is 16.5. The molecule has 0 aliphatic carbocycles. The molecule has 3 atom stereocenters. The average Bonchev–Trinajstić information content (AvgIpc) is 3.25. The number of carbonyl (C=O) groups excluding carboxylic acids is 1. The Morgan fingerprint density at radius 2 is 2.17 bits per heavy atom. The van der Waals surface area contributed by atoms with Gasteiger partial charge in [0.2, 0.25) is 5.91 Å². The smallest absolute Gasteiger partial charge is 0.220 e. The standard InChI is InChI=1S/C19H28N2O2/c1-15(16-6-3-2-4-7-16)21-12-11-17(14-21)20-19(22)10-9-18-8-5-13-23-18/h2-4,6-7,15,17-18H,5,8-14H2,1H3,(H,20,22)/t15-,17-,18+/m1/s1. The first-order chi connectivity index (χ1) is 11.2. The molecule has 2 heterocycles. The minimum absolute atomic E-state index is 0.180. The van der Waals surface area contributed by atoms with Crippen LogP contribution >= 0.6 is 0 Å². The second kappa shape index (κ2) is 7.93. The van der Waals surface area contributed by atoms with Gasteiger partial charge in [-0.05, 0) is 38.2 Å². The van der Waals surface area contributed by atoms with E-state index in [2.05, 4.69) is 47.5 Å².